The van der Waals surface area contributed by atoms with Crippen LogP contribution in [0.3, 0.4) is 0 Å². The van der Waals surface area contributed by atoms with E-state index < -0.39 is 0 Å². The topological polar surface area (TPSA) is 24.5 Å². The van der Waals surface area contributed by atoms with Crippen molar-refractivity contribution < 1.29 is 4.74 Å². The molecule has 0 aromatic carbocycles. The van der Waals surface area contributed by atoms with Gasteiger partial charge in [0.25, 0.3) is 0 Å². The zero-order valence-electron chi connectivity index (χ0n) is 9.62. The van der Waals surface area contributed by atoms with Crippen LogP contribution in [0, 0.1) is 0 Å². The maximum Gasteiger partial charge on any atom is 0.188 e. The van der Waals surface area contributed by atoms with E-state index in [-0.39, 0.29) is 0 Å². The minimum Gasteiger partial charge on any atom is -0.486 e. The molecule has 1 aliphatic heterocycles. The first-order chi connectivity index (χ1) is 7.69. The first-order valence-electron chi connectivity index (χ1n) is 5.47. The van der Waals surface area contributed by atoms with Gasteiger partial charge in [-0.25, -0.2) is 0 Å². The number of nitrogens with one attached hydrogen (secondary N) is 1. The highest BCUT2D eigenvalue weighted by atomic mass is 79.9. The summed E-state index contributed by atoms with van der Waals surface area (Å²) < 4.78 is 6.34. The molecule has 3 nitrogen and oxygen atoms in total. The highest BCUT2D eigenvalue weighted by Crippen LogP contribution is 2.35. The van der Waals surface area contributed by atoms with Crippen molar-refractivity contribution in [2.45, 2.75) is 19.5 Å². The molecule has 90 valence electrons. The predicted molar refractivity (Wildman–Crippen MR) is 71.3 cm³/mol. The number of thiophene rings is 1. The van der Waals surface area contributed by atoms with Crippen molar-refractivity contribution in [3.63, 3.8) is 0 Å². The van der Waals surface area contributed by atoms with E-state index in [2.05, 4.69) is 39.1 Å². The van der Waals surface area contributed by atoms with Gasteiger partial charge in [-0.3, -0.25) is 4.90 Å². The summed E-state index contributed by atoms with van der Waals surface area (Å²) in [4.78, 5) is 3.84. The van der Waals surface area contributed by atoms with Crippen LogP contribution in [0.25, 0.3) is 0 Å². The number of halogens is 1. The first-order valence-corrected chi connectivity index (χ1v) is 7.08. The average Bonchev–Trinajstić information content (AvgIpc) is 2.58. The van der Waals surface area contributed by atoms with Gasteiger partial charge in [-0.1, -0.05) is 0 Å². The van der Waals surface area contributed by atoms with E-state index in [1.807, 2.05) is 0 Å². The van der Waals surface area contributed by atoms with Crippen LogP contribution in [0.1, 0.15) is 11.8 Å². The molecule has 1 aromatic rings. The Bertz CT molecular complexity index is 356. The van der Waals surface area contributed by atoms with Crippen molar-refractivity contribution in [2.75, 3.05) is 26.7 Å². The summed E-state index contributed by atoms with van der Waals surface area (Å²) in [6.07, 6.45) is 0. The molecule has 1 fully saturated rings. The van der Waals surface area contributed by atoms with Crippen LogP contribution in [-0.2, 0) is 6.54 Å². The summed E-state index contributed by atoms with van der Waals surface area (Å²) in [7, 11) is 1.72. The molecule has 0 saturated carbocycles. The minimum absolute atomic E-state index is 0.596. The van der Waals surface area contributed by atoms with Gasteiger partial charge in [-0.2, -0.15) is 0 Å². The maximum absolute atomic E-state index is 5.28. The molecule has 5 heteroatoms. The van der Waals surface area contributed by atoms with Crippen LogP contribution >= 0.6 is 27.3 Å². The van der Waals surface area contributed by atoms with Crippen molar-refractivity contribution >= 4 is 27.3 Å². The van der Waals surface area contributed by atoms with Crippen molar-refractivity contribution in [2.24, 2.45) is 0 Å². The summed E-state index contributed by atoms with van der Waals surface area (Å²) in [5.41, 5.74) is 0. The van der Waals surface area contributed by atoms with Gasteiger partial charge in [-0.15, -0.1) is 11.3 Å². The molecule has 1 saturated heterocycles. The van der Waals surface area contributed by atoms with Crippen molar-refractivity contribution in [1.82, 2.24) is 10.2 Å². The monoisotopic (exact) mass is 304 g/mol. The van der Waals surface area contributed by atoms with E-state index in [9.17, 15) is 0 Å². The normalized spacial score (nSPS) is 22.3. The molecule has 2 rings (SSSR count). The lowest BCUT2D eigenvalue weighted by Gasteiger charge is -2.31. The SMILES string of the molecule is COc1sc(CN2CCNC(C)C2)cc1Br. The molecule has 1 aromatic heterocycles. The molecular weight excluding hydrogens is 288 g/mol. The van der Waals surface area contributed by atoms with Gasteiger partial charge in [-0.05, 0) is 28.9 Å². The van der Waals surface area contributed by atoms with E-state index in [0.717, 1.165) is 35.7 Å². The fourth-order valence-electron chi connectivity index (χ4n) is 1.99. The Hall–Kier alpha value is -0.100. The van der Waals surface area contributed by atoms with Crippen molar-refractivity contribution in [1.29, 1.82) is 0 Å². The van der Waals surface area contributed by atoms with Gasteiger partial charge in [0.15, 0.2) is 5.06 Å². The number of piperazine rings is 1. The lowest BCUT2D eigenvalue weighted by Crippen LogP contribution is -2.48. The molecule has 2 heterocycles. The van der Waals surface area contributed by atoms with E-state index in [1.165, 1.54) is 4.88 Å². The third kappa shape index (κ3) is 2.97. The molecule has 1 N–H and O–H groups in total. The molecule has 0 bridgehead atoms. The van der Waals surface area contributed by atoms with Crippen LogP contribution in [0.5, 0.6) is 5.06 Å². The van der Waals surface area contributed by atoms with E-state index in [4.69, 9.17) is 4.74 Å². The quantitative estimate of drug-likeness (QED) is 0.927. The maximum atomic E-state index is 5.28. The minimum atomic E-state index is 0.596. The fourth-order valence-corrected chi connectivity index (χ4v) is 3.73. The van der Waals surface area contributed by atoms with Crippen LogP contribution in [0.2, 0.25) is 0 Å². The van der Waals surface area contributed by atoms with Gasteiger partial charge in [0, 0.05) is 37.1 Å². The Kier molecular flexibility index (Phi) is 4.24. The molecular formula is C11H17BrN2OS. The van der Waals surface area contributed by atoms with E-state index in [0.29, 0.717) is 6.04 Å². The van der Waals surface area contributed by atoms with Crippen molar-refractivity contribution in [3.05, 3.63) is 15.4 Å². The van der Waals surface area contributed by atoms with Crippen LogP contribution < -0.4 is 10.1 Å². The number of hydrogen-bond acceptors (Lipinski definition) is 4. The van der Waals surface area contributed by atoms with E-state index in [1.54, 1.807) is 18.4 Å². The molecule has 0 aliphatic carbocycles. The van der Waals surface area contributed by atoms with Crippen LogP contribution in [-0.4, -0.2) is 37.7 Å². The second-order valence-electron chi connectivity index (χ2n) is 4.14. The Morgan fingerprint density at radius 3 is 3.12 bits per heavy atom. The lowest BCUT2D eigenvalue weighted by molar-refractivity contribution is 0.201. The van der Waals surface area contributed by atoms with E-state index >= 15 is 0 Å². The summed E-state index contributed by atoms with van der Waals surface area (Å²) in [6.45, 7) is 6.60. The first kappa shape index (κ1) is 12.4. The molecule has 16 heavy (non-hydrogen) atoms. The number of ether oxygens (including phenoxy) is 1. The molecule has 1 aliphatic rings. The zero-order valence-corrected chi connectivity index (χ0v) is 12.0. The summed E-state index contributed by atoms with van der Waals surface area (Å²) in [6, 6.07) is 2.76. The molecule has 1 unspecified atom stereocenters. The number of hydrogen-bond donors (Lipinski definition) is 1. The van der Waals surface area contributed by atoms with Gasteiger partial charge in [0.05, 0.1) is 11.6 Å². The largest absolute Gasteiger partial charge is 0.486 e. The van der Waals surface area contributed by atoms with Gasteiger partial charge in [0.2, 0.25) is 0 Å². The number of methoxy groups -OCH3 is 1. The molecule has 1 atom stereocenters. The lowest BCUT2D eigenvalue weighted by atomic mass is 10.2. The molecule has 0 radical (unpaired) electrons. The Morgan fingerprint density at radius 2 is 2.50 bits per heavy atom. The number of rotatable bonds is 3. The van der Waals surface area contributed by atoms with Crippen LogP contribution in [0.15, 0.2) is 10.5 Å². The molecule has 0 amide bonds. The third-order valence-electron chi connectivity index (χ3n) is 2.72. The standard InChI is InChI=1S/C11H17BrN2OS/c1-8-6-14(4-3-13-8)7-9-5-10(12)11(15-2)16-9/h5,8,13H,3-4,6-7H2,1-2H3. The smallest absolute Gasteiger partial charge is 0.188 e. The zero-order chi connectivity index (χ0) is 11.5. The summed E-state index contributed by atoms with van der Waals surface area (Å²) in [5, 5.41) is 4.42. The van der Waals surface area contributed by atoms with Gasteiger partial charge in [0.1, 0.15) is 0 Å². The van der Waals surface area contributed by atoms with Crippen LogP contribution in [0.4, 0.5) is 0 Å². The second kappa shape index (κ2) is 5.49. The Morgan fingerprint density at radius 1 is 1.69 bits per heavy atom. The summed E-state index contributed by atoms with van der Waals surface area (Å²) >= 11 is 5.23. The third-order valence-corrected chi connectivity index (χ3v) is 4.66. The van der Waals surface area contributed by atoms with Gasteiger partial charge >= 0.3 is 0 Å². The Balaban J connectivity index is 1.97. The van der Waals surface area contributed by atoms with Crippen molar-refractivity contribution in [3.8, 4) is 5.06 Å². The predicted octanol–water partition coefficient (Wildman–Crippen LogP) is 2.31. The number of nitrogens with zero attached hydrogens (tertiary/aromatic N) is 1. The fraction of sp³-hybridized carbons (Fsp3) is 0.636. The highest BCUT2D eigenvalue weighted by molar-refractivity contribution is 9.10. The highest BCUT2D eigenvalue weighted by Gasteiger charge is 2.17. The Labute approximate surface area is 109 Å². The molecule has 0 spiro atoms. The average molecular weight is 305 g/mol. The summed E-state index contributed by atoms with van der Waals surface area (Å²) in [5.74, 6) is 0. The van der Waals surface area contributed by atoms with Gasteiger partial charge < -0.3 is 10.1 Å². The second-order valence-corrected chi connectivity index (χ2v) is 6.10.